The average Bonchev–Trinajstić information content (AvgIpc) is 3.17. The lowest BCUT2D eigenvalue weighted by Crippen LogP contribution is -2.14. The third-order valence-electron chi connectivity index (χ3n) is 3.96. The van der Waals surface area contributed by atoms with Crippen molar-refractivity contribution in [3.8, 4) is 5.75 Å². The van der Waals surface area contributed by atoms with E-state index in [1.807, 2.05) is 0 Å². The van der Waals surface area contributed by atoms with Crippen LogP contribution in [0.2, 0.25) is 0 Å². The monoisotopic (exact) mass is 393 g/mol. The normalized spacial score (nSPS) is 11.6. The molecule has 2 N–H and O–H groups in total. The van der Waals surface area contributed by atoms with Crippen LogP contribution < -0.4 is 15.4 Å². The number of allylic oxidation sites excluding steroid dienone is 1. The molecule has 2 aromatic heterocycles. The second-order valence-electron chi connectivity index (χ2n) is 5.83. The van der Waals surface area contributed by atoms with Gasteiger partial charge in [0.2, 0.25) is 11.8 Å². The van der Waals surface area contributed by atoms with Crippen molar-refractivity contribution in [1.82, 2.24) is 15.3 Å². The fourth-order valence-electron chi connectivity index (χ4n) is 2.45. The molecule has 0 atom stereocenters. The summed E-state index contributed by atoms with van der Waals surface area (Å²) < 4.78 is 10.8. The largest absolute Gasteiger partial charge is 0.495 e. The number of fused-ring (bicyclic) bond motifs is 1. The Hall–Kier alpha value is -4.01. The summed E-state index contributed by atoms with van der Waals surface area (Å²) in [4.78, 5) is 36.3. The molecule has 0 spiro atoms. The van der Waals surface area contributed by atoms with Crippen molar-refractivity contribution in [3.63, 3.8) is 0 Å². The molecule has 9 nitrogen and oxygen atoms in total. The van der Waals surface area contributed by atoms with Crippen LogP contribution in [0.25, 0.3) is 11.1 Å². The molecule has 0 bridgehead atoms. The number of carbonyl (C=O) groups is 2. The van der Waals surface area contributed by atoms with E-state index < -0.39 is 0 Å². The van der Waals surface area contributed by atoms with Crippen LogP contribution in [-0.4, -0.2) is 48.7 Å². The molecular weight excluding hydrogens is 374 g/mol. The standard InChI is InChI=1S/C20H19N5O4/c1-21-15(5-7-18(26)22-2)20-25-16-9-13(4-6-17(16)29-20)24-19(27)12-8-14(28-3)11-23-10-12/h4-11H,1-3H3,(H,22,26)(H,24,27)/b7-5-,21-15+. The number of likely N-dealkylation sites (N-methyl/N-ethyl adjacent to an activating group) is 1. The maximum Gasteiger partial charge on any atom is 0.257 e. The van der Waals surface area contributed by atoms with Crippen molar-refractivity contribution >= 4 is 34.3 Å². The molecule has 0 radical (unpaired) electrons. The number of rotatable bonds is 6. The van der Waals surface area contributed by atoms with Gasteiger partial charge in [-0.2, -0.15) is 0 Å². The fraction of sp³-hybridized carbons (Fsp3) is 0.150. The first-order valence-electron chi connectivity index (χ1n) is 8.62. The van der Waals surface area contributed by atoms with Gasteiger partial charge in [-0.3, -0.25) is 19.6 Å². The molecule has 9 heteroatoms. The number of aliphatic imine (C=N–C) groups is 1. The van der Waals surface area contributed by atoms with E-state index in [4.69, 9.17) is 9.15 Å². The Morgan fingerprint density at radius 2 is 2.03 bits per heavy atom. The van der Waals surface area contributed by atoms with Gasteiger partial charge in [0, 0.05) is 32.1 Å². The first kappa shape index (κ1) is 19.7. The minimum atomic E-state index is -0.330. The number of methoxy groups -OCH3 is 1. The molecule has 2 amide bonds. The van der Waals surface area contributed by atoms with Gasteiger partial charge in [-0.1, -0.05) is 0 Å². The van der Waals surface area contributed by atoms with E-state index in [-0.39, 0.29) is 17.7 Å². The van der Waals surface area contributed by atoms with Gasteiger partial charge in [-0.15, -0.1) is 0 Å². The Bertz CT molecular complexity index is 1120. The molecule has 0 fully saturated rings. The summed E-state index contributed by atoms with van der Waals surface area (Å²) in [6, 6.07) is 6.67. The number of benzene rings is 1. The zero-order valence-corrected chi connectivity index (χ0v) is 16.1. The van der Waals surface area contributed by atoms with Crippen LogP contribution in [0, 0.1) is 0 Å². The highest BCUT2D eigenvalue weighted by atomic mass is 16.5. The lowest BCUT2D eigenvalue weighted by Gasteiger charge is -2.06. The number of nitrogens with zero attached hydrogens (tertiary/aromatic N) is 3. The molecule has 3 rings (SSSR count). The molecule has 3 aromatic rings. The van der Waals surface area contributed by atoms with Crippen molar-refractivity contribution in [2.24, 2.45) is 4.99 Å². The van der Waals surface area contributed by atoms with Gasteiger partial charge in [0.1, 0.15) is 17.0 Å². The van der Waals surface area contributed by atoms with Gasteiger partial charge < -0.3 is 19.8 Å². The average molecular weight is 393 g/mol. The molecule has 0 aliphatic heterocycles. The van der Waals surface area contributed by atoms with Crippen LogP contribution in [0.4, 0.5) is 5.69 Å². The summed E-state index contributed by atoms with van der Waals surface area (Å²) in [7, 11) is 4.62. The van der Waals surface area contributed by atoms with Crippen LogP contribution in [0.5, 0.6) is 5.75 Å². The van der Waals surface area contributed by atoms with Crippen molar-refractivity contribution in [1.29, 1.82) is 0 Å². The van der Waals surface area contributed by atoms with Crippen molar-refractivity contribution in [2.75, 3.05) is 26.5 Å². The summed E-state index contributed by atoms with van der Waals surface area (Å²) in [5.41, 5.74) is 2.38. The fourth-order valence-corrected chi connectivity index (χ4v) is 2.45. The molecule has 148 valence electrons. The first-order chi connectivity index (χ1) is 14.0. The van der Waals surface area contributed by atoms with E-state index in [0.29, 0.717) is 33.8 Å². The lowest BCUT2D eigenvalue weighted by atomic mass is 10.2. The summed E-state index contributed by atoms with van der Waals surface area (Å²) in [5.74, 6) is 0.164. The summed E-state index contributed by atoms with van der Waals surface area (Å²) >= 11 is 0. The Balaban J connectivity index is 1.82. The molecule has 0 unspecified atom stereocenters. The third-order valence-corrected chi connectivity index (χ3v) is 3.96. The van der Waals surface area contributed by atoms with Gasteiger partial charge in [0.05, 0.1) is 18.9 Å². The van der Waals surface area contributed by atoms with E-state index in [2.05, 4.69) is 25.6 Å². The lowest BCUT2D eigenvalue weighted by molar-refractivity contribution is -0.116. The number of ether oxygens (including phenoxy) is 1. The Morgan fingerprint density at radius 3 is 2.76 bits per heavy atom. The Kier molecular flexibility index (Phi) is 5.98. The van der Waals surface area contributed by atoms with E-state index in [0.717, 1.165) is 0 Å². The maximum atomic E-state index is 12.4. The van der Waals surface area contributed by atoms with Crippen LogP contribution in [0.1, 0.15) is 16.2 Å². The SMILES string of the molecule is C/N=C(\C=C/C(=O)NC)c1nc2cc(NC(=O)c3cncc(OC)c3)ccc2o1. The molecular formula is C20H19N5O4. The minimum absolute atomic E-state index is 0.265. The minimum Gasteiger partial charge on any atom is -0.495 e. The van der Waals surface area contributed by atoms with E-state index in [1.165, 1.54) is 38.7 Å². The summed E-state index contributed by atoms with van der Waals surface area (Å²) in [6.07, 6.45) is 5.83. The second kappa shape index (κ2) is 8.79. The number of anilines is 1. The molecule has 29 heavy (non-hydrogen) atoms. The highest BCUT2D eigenvalue weighted by molar-refractivity contribution is 6.09. The number of carbonyl (C=O) groups excluding carboxylic acids is 2. The Morgan fingerprint density at radius 1 is 1.21 bits per heavy atom. The molecule has 1 aromatic carbocycles. The summed E-state index contributed by atoms with van der Waals surface area (Å²) in [6.45, 7) is 0. The molecule has 2 heterocycles. The number of pyridine rings is 1. The number of hydrogen-bond donors (Lipinski definition) is 2. The van der Waals surface area contributed by atoms with Crippen LogP contribution in [0.15, 0.2) is 58.2 Å². The topological polar surface area (TPSA) is 119 Å². The molecule has 0 aliphatic carbocycles. The van der Waals surface area contributed by atoms with Crippen molar-refractivity contribution < 1.29 is 18.7 Å². The van der Waals surface area contributed by atoms with Crippen LogP contribution in [-0.2, 0) is 4.79 Å². The second-order valence-corrected chi connectivity index (χ2v) is 5.83. The van der Waals surface area contributed by atoms with Gasteiger partial charge in [0.15, 0.2) is 5.58 Å². The quantitative estimate of drug-likeness (QED) is 0.490. The number of amides is 2. The number of oxazole rings is 1. The Labute approximate surface area is 166 Å². The van der Waals surface area contributed by atoms with Crippen LogP contribution in [0.3, 0.4) is 0 Å². The van der Waals surface area contributed by atoms with Crippen molar-refractivity contribution in [2.45, 2.75) is 0 Å². The number of aromatic nitrogens is 2. The third kappa shape index (κ3) is 4.64. The first-order valence-corrected chi connectivity index (χ1v) is 8.62. The van der Waals surface area contributed by atoms with Gasteiger partial charge >= 0.3 is 0 Å². The molecule has 0 saturated carbocycles. The zero-order chi connectivity index (χ0) is 20.8. The van der Waals surface area contributed by atoms with E-state index in [1.54, 1.807) is 31.3 Å². The van der Waals surface area contributed by atoms with Gasteiger partial charge in [-0.05, 0) is 30.3 Å². The number of nitrogens with one attached hydrogen (secondary N) is 2. The number of hydrogen-bond acceptors (Lipinski definition) is 7. The smallest absolute Gasteiger partial charge is 0.257 e. The predicted molar refractivity (Wildman–Crippen MR) is 108 cm³/mol. The maximum absolute atomic E-state index is 12.4. The summed E-state index contributed by atoms with van der Waals surface area (Å²) in [5, 5.41) is 5.27. The predicted octanol–water partition coefficient (Wildman–Crippen LogP) is 2.20. The van der Waals surface area contributed by atoms with Crippen molar-refractivity contribution in [3.05, 3.63) is 60.3 Å². The van der Waals surface area contributed by atoms with Gasteiger partial charge in [-0.25, -0.2) is 4.98 Å². The molecule has 0 saturated heterocycles. The van der Waals surface area contributed by atoms with E-state index >= 15 is 0 Å². The van der Waals surface area contributed by atoms with Gasteiger partial charge in [0.25, 0.3) is 5.91 Å². The molecule has 0 aliphatic rings. The van der Waals surface area contributed by atoms with Crippen LogP contribution >= 0.6 is 0 Å². The van der Waals surface area contributed by atoms with E-state index in [9.17, 15) is 9.59 Å². The zero-order valence-electron chi connectivity index (χ0n) is 16.1. The highest BCUT2D eigenvalue weighted by Crippen LogP contribution is 2.21. The highest BCUT2D eigenvalue weighted by Gasteiger charge is 2.13.